The molecule has 0 N–H and O–H groups in total. The second-order valence-corrected chi connectivity index (χ2v) is 8.65. The normalized spacial score (nSPS) is 11.4. The molecule has 0 aliphatic rings. The number of amides is 1. The summed E-state index contributed by atoms with van der Waals surface area (Å²) in [7, 11) is 0. The van der Waals surface area contributed by atoms with Gasteiger partial charge in [-0.05, 0) is 45.4 Å². The Morgan fingerprint density at radius 1 is 1.07 bits per heavy atom. The maximum absolute atomic E-state index is 13.1. The molecule has 0 radical (unpaired) electrons. The van der Waals surface area contributed by atoms with Gasteiger partial charge in [0.05, 0.1) is 5.75 Å². The Morgan fingerprint density at radius 2 is 1.76 bits per heavy atom. The quantitative estimate of drug-likeness (QED) is 0.545. The van der Waals surface area contributed by atoms with E-state index in [2.05, 4.69) is 42.9 Å². The van der Waals surface area contributed by atoms with E-state index >= 15 is 0 Å². The Kier molecular flexibility index (Phi) is 6.69. The fraction of sp³-hybridized carbons (Fsp3) is 0.364. The van der Waals surface area contributed by atoms with E-state index < -0.39 is 0 Å². The lowest BCUT2D eigenvalue weighted by atomic mass is 10.0. The minimum Gasteiger partial charge on any atom is -0.333 e. The standard InChI is InChI=1S/C22H27N5OS/c1-5-26-20(18-11-13-23-14-12-18)24-25-21(26)29-16-19(28)27(22(2,3)4)15-17-9-7-6-8-10-17/h6-14H,5,15-16H2,1-4H3. The van der Waals surface area contributed by atoms with Crippen LogP contribution in [0.5, 0.6) is 0 Å². The van der Waals surface area contributed by atoms with Gasteiger partial charge in [0.25, 0.3) is 0 Å². The molecule has 3 aromatic rings. The smallest absolute Gasteiger partial charge is 0.233 e. The Bertz CT molecular complexity index is 935. The summed E-state index contributed by atoms with van der Waals surface area (Å²) in [5.41, 5.74) is 1.82. The highest BCUT2D eigenvalue weighted by molar-refractivity contribution is 7.99. The number of rotatable bonds is 7. The zero-order valence-corrected chi connectivity index (χ0v) is 18.2. The minimum atomic E-state index is -0.270. The van der Waals surface area contributed by atoms with Gasteiger partial charge in [-0.25, -0.2) is 0 Å². The third kappa shape index (κ3) is 5.23. The summed E-state index contributed by atoms with van der Waals surface area (Å²) in [5, 5.41) is 9.41. The van der Waals surface area contributed by atoms with Crippen molar-refractivity contribution >= 4 is 17.7 Å². The van der Waals surface area contributed by atoms with Crippen molar-refractivity contribution in [3.05, 3.63) is 60.4 Å². The van der Waals surface area contributed by atoms with Gasteiger partial charge in [0.2, 0.25) is 5.91 Å². The zero-order valence-electron chi connectivity index (χ0n) is 17.4. The van der Waals surface area contributed by atoms with Crippen LogP contribution in [0.15, 0.2) is 60.0 Å². The Labute approximate surface area is 176 Å². The molecule has 7 heteroatoms. The number of hydrogen-bond donors (Lipinski definition) is 0. The van der Waals surface area contributed by atoms with Gasteiger partial charge in [0.15, 0.2) is 11.0 Å². The maximum Gasteiger partial charge on any atom is 0.233 e. The third-order valence-corrected chi connectivity index (χ3v) is 5.54. The minimum absolute atomic E-state index is 0.0856. The summed E-state index contributed by atoms with van der Waals surface area (Å²) in [6, 6.07) is 13.9. The van der Waals surface area contributed by atoms with E-state index in [4.69, 9.17) is 0 Å². The topological polar surface area (TPSA) is 63.9 Å². The second kappa shape index (κ2) is 9.22. The fourth-order valence-electron chi connectivity index (χ4n) is 3.06. The van der Waals surface area contributed by atoms with Crippen molar-refractivity contribution in [3.63, 3.8) is 0 Å². The SMILES string of the molecule is CCn1c(SCC(=O)N(Cc2ccccc2)C(C)(C)C)nnc1-c1ccncc1. The monoisotopic (exact) mass is 409 g/mol. The van der Waals surface area contributed by atoms with E-state index in [9.17, 15) is 4.79 Å². The number of carbonyl (C=O) groups is 1. The van der Waals surface area contributed by atoms with E-state index in [1.807, 2.05) is 51.9 Å². The summed E-state index contributed by atoms with van der Waals surface area (Å²) in [6.07, 6.45) is 3.48. The van der Waals surface area contributed by atoms with Crippen LogP contribution in [0.2, 0.25) is 0 Å². The number of thioether (sulfide) groups is 1. The predicted molar refractivity (Wildman–Crippen MR) is 116 cm³/mol. The molecule has 2 aromatic heterocycles. The first kappa shape index (κ1) is 21.0. The van der Waals surface area contributed by atoms with Crippen molar-refractivity contribution in [2.45, 2.75) is 51.5 Å². The number of pyridine rings is 1. The molecule has 2 heterocycles. The molecule has 0 fully saturated rings. The molecule has 0 saturated carbocycles. The Hall–Kier alpha value is -2.67. The molecule has 1 aromatic carbocycles. The molecule has 0 atom stereocenters. The molecule has 0 saturated heterocycles. The molecule has 29 heavy (non-hydrogen) atoms. The highest BCUT2D eigenvalue weighted by atomic mass is 32.2. The first-order valence-electron chi connectivity index (χ1n) is 9.71. The van der Waals surface area contributed by atoms with Crippen molar-refractivity contribution in [2.24, 2.45) is 0 Å². The van der Waals surface area contributed by atoms with Crippen molar-refractivity contribution in [1.82, 2.24) is 24.6 Å². The van der Waals surface area contributed by atoms with Gasteiger partial charge >= 0.3 is 0 Å². The van der Waals surface area contributed by atoms with Gasteiger partial charge in [0, 0.05) is 36.6 Å². The second-order valence-electron chi connectivity index (χ2n) is 7.71. The van der Waals surface area contributed by atoms with Crippen molar-refractivity contribution in [2.75, 3.05) is 5.75 Å². The van der Waals surface area contributed by atoms with E-state index in [-0.39, 0.29) is 11.4 Å². The van der Waals surface area contributed by atoms with Crippen LogP contribution in [0.4, 0.5) is 0 Å². The summed E-state index contributed by atoms with van der Waals surface area (Å²) in [6.45, 7) is 9.56. The van der Waals surface area contributed by atoms with Crippen molar-refractivity contribution in [1.29, 1.82) is 0 Å². The van der Waals surface area contributed by atoms with E-state index in [1.165, 1.54) is 11.8 Å². The molecule has 0 aliphatic heterocycles. The fourth-order valence-corrected chi connectivity index (χ4v) is 3.94. The van der Waals surface area contributed by atoms with Crippen LogP contribution in [-0.2, 0) is 17.9 Å². The average molecular weight is 410 g/mol. The molecule has 6 nitrogen and oxygen atoms in total. The lowest BCUT2D eigenvalue weighted by Crippen LogP contribution is -2.45. The summed E-state index contributed by atoms with van der Waals surface area (Å²) >= 11 is 1.43. The summed E-state index contributed by atoms with van der Waals surface area (Å²) < 4.78 is 2.03. The highest BCUT2D eigenvalue weighted by Gasteiger charge is 2.27. The van der Waals surface area contributed by atoms with Gasteiger partial charge in [-0.2, -0.15) is 0 Å². The average Bonchev–Trinajstić information content (AvgIpc) is 3.14. The zero-order chi connectivity index (χ0) is 20.9. The number of aromatic nitrogens is 4. The number of hydrogen-bond acceptors (Lipinski definition) is 5. The molecular formula is C22H27N5OS. The molecule has 0 bridgehead atoms. The molecule has 0 spiro atoms. The number of nitrogens with zero attached hydrogens (tertiary/aromatic N) is 5. The van der Waals surface area contributed by atoms with Crippen LogP contribution in [0.3, 0.4) is 0 Å². The molecule has 0 unspecified atom stereocenters. The van der Waals surface area contributed by atoms with E-state index in [0.29, 0.717) is 12.3 Å². The van der Waals surface area contributed by atoms with Crippen LogP contribution in [0.25, 0.3) is 11.4 Å². The molecule has 152 valence electrons. The van der Waals surface area contributed by atoms with Gasteiger partial charge in [0.1, 0.15) is 0 Å². The van der Waals surface area contributed by atoms with Crippen molar-refractivity contribution in [3.8, 4) is 11.4 Å². The molecule has 0 aliphatic carbocycles. The van der Waals surface area contributed by atoms with Gasteiger partial charge in [-0.1, -0.05) is 42.1 Å². The van der Waals surface area contributed by atoms with Gasteiger partial charge in [-0.3, -0.25) is 9.78 Å². The van der Waals surface area contributed by atoms with Crippen LogP contribution in [-0.4, -0.2) is 41.8 Å². The highest BCUT2D eigenvalue weighted by Crippen LogP contribution is 2.25. The number of benzene rings is 1. The number of carbonyl (C=O) groups excluding carboxylic acids is 1. The first-order valence-corrected chi connectivity index (χ1v) is 10.7. The maximum atomic E-state index is 13.1. The Balaban J connectivity index is 1.74. The van der Waals surface area contributed by atoms with E-state index in [1.54, 1.807) is 12.4 Å². The summed E-state index contributed by atoms with van der Waals surface area (Å²) in [5.74, 6) is 1.20. The van der Waals surface area contributed by atoms with Crippen LogP contribution >= 0.6 is 11.8 Å². The van der Waals surface area contributed by atoms with Crippen LogP contribution < -0.4 is 0 Å². The van der Waals surface area contributed by atoms with E-state index in [0.717, 1.165) is 28.7 Å². The third-order valence-electron chi connectivity index (χ3n) is 4.59. The molecule has 1 amide bonds. The lowest BCUT2D eigenvalue weighted by molar-refractivity contribution is -0.133. The van der Waals surface area contributed by atoms with Gasteiger partial charge < -0.3 is 9.47 Å². The lowest BCUT2D eigenvalue weighted by Gasteiger charge is -2.36. The van der Waals surface area contributed by atoms with Gasteiger partial charge in [-0.15, -0.1) is 10.2 Å². The Morgan fingerprint density at radius 3 is 2.38 bits per heavy atom. The first-order chi connectivity index (χ1) is 13.9. The van der Waals surface area contributed by atoms with Crippen LogP contribution in [0, 0.1) is 0 Å². The predicted octanol–water partition coefficient (Wildman–Crippen LogP) is 4.28. The molecular weight excluding hydrogens is 382 g/mol. The van der Waals surface area contributed by atoms with Crippen molar-refractivity contribution < 1.29 is 4.79 Å². The summed E-state index contributed by atoms with van der Waals surface area (Å²) in [4.78, 5) is 19.1. The molecule has 3 rings (SSSR count). The largest absolute Gasteiger partial charge is 0.333 e. The van der Waals surface area contributed by atoms with Crippen LogP contribution in [0.1, 0.15) is 33.3 Å².